The largest absolute Gasteiger partial charge is 0.396 e. The maximum Gasteiger partial charge on any atom is 0.0946 e. The van der Waals surface area contributed by atoms with Gasteiger partial charge in [0, 0.05) is 16.6 Å². The van der Waals surface area contributed by atoms with E-state index in [2.05, 4.69) is 87.5 Å². The number of rotatable bonds is 4. The molecule has 0 fully saturated rings. The molecule has 0 unspecified atom stereocenters. The monoisotopic (exact) mass is 380 g/mol. The molecule has 2 aromatic carbocycles. The van der Waals surface area contributed by atoms with E-state index in [0.29, 0.717) is 0 Å². The molecule has 2 N–H and O–H groups in total. The normalized spacial score (nSPS) is 14.7. The highest BCUT2D eigenvalue weighted by molar-refractivity contribution is 6.03. The number of hydrogen-bond acceptors (Lipinski definition) is 2. The molecule has 3 aromatic rings. The molecule has 0 aliphatic heterocycles. The van der Waals surface area contributed by atoms with E-state index in [1.54, 1.807) is 0 Å². The van der Waals surface area contributed by atoms with Gasteiger partial charge in [0.1, 0.15) is 0 Å². The van der Waals surface area contributed by atoms with E-state index < -0.39 is 0 Å². The van der Waals surface area contributed by atoms with Gasteiger partial charge in [-0.05, 0) is 61.4 Å². The molecule has 1 aliphatic carbocycles. The van der Waals surface area contributed by atoms with Gasteiger partial charge in [0.2, 0.25) is 0 Å². The lowest BCUT2D eigenvalue weighted by Gasteiger charge is -2.18. The summed E-state index contributed by atoms with van der Waals surface area (Å²) in [6.45, 7) is 6.44. The van der Waals surface area contributed by atoms with Gasteiger partial charge in [-0.15, -0.1) is 0 Å². The molecule has 0 radical (unpaired) electrons. The van der Waals surface area contributed by atoms with Gasteiger partial charge in [-0.3, -0.25) is 4.98 Å². The predicted octanol–water partition coefficient (Wildman–Crippen LogP) is 7.09. The number of hydrogen-bond donors (Lipinski definition) is 1. The average Bonchev–Trinajstić information content (AvgIpc) is 2.76. The van der Waals surface area contributed by atoms with E-state index in [1.165, 1.54) is 27.8 Å². The third-order valence-corrected chi connectivity index (χ3v) is 5.80. The number of benzene rings is 2. The second-order valence-electron chi connectivity index (χ2n) is 7.77. The van der Waals surface area contributed by atoms with Crippen molar-refractivity contribution in [3.63, 3.8) is 0 Å². The van der Waals surface area contributed by atoms with Crippen LogP contribution in [0.25, 0.3) is 22.0 Å². The van der Waals surface area contributed by atoms with E-state index in [0.717, 1.165) is 47.1 Å². The summed E-state index contributed by atoms with van der Waals surface area (Å²) in [6, 6.07) is 17.1. The zero-order valence-electron chi connectivity index (χ0n) is 17.5. The number of aromatic nitrogens is 1. The van der Waals surface area contributed by atoms with Gasteiger partial charge >= 0.3 is 0 Å². The van der Waals surface area contributed by atoms with Crippen LogP contribution >= 0.6 is 0 Å². The van der Waals surface area contributed by atoms with Crippen molar-refractivity contribution in [2.45, 2.75) is 40.0 Å². The van der Waals surface area contributed by atoms with Crippen LogP contribution in [-0.2, 0) is 0 Å². The van der Waals surface area contributed by atoms with Crippen LogP contribution in [0.15, 0.2) is 72.3 Å². The SMILES string of the molecule is CC/C(C)=C(\c1ccccc1)c1ccc2c(C3=CC=CCC3)cc(C)nc2c1N. The minimum Gasteiger partial charge on any atom is -0.396 e. The molecule has 1 aromatic heterocycles. The number of nitrogens with zero attached hydrogens (tertiary/aromatic N) is 1. The molecule has 146 valence electrons. The van der Waals surface area contributed by atoms with Crippen LogP contribution in [0.3, 0.4) is 0 Å². The Bertz CT molecular complexity index is 1150. The molecule has 29 heavy (non-hydrogen) atoms. The zero-order chi connectivity index (χ0) is 20.4. The molecular formula is C27H28N2. The van der Waals surface area contributed by atoms with Gasteiger partial charge in [-0.2, -0.15) is 0 Å². The molecule has 2 nitrogen and oxygen atoms in total. The minimum absolute atomic E-state index is 0.769. The third-order valence-electron chi connectivity index (χ3n) is 5.80. The van der Waals surface area contributed by atoms with E-state index >= 15 is 0 Å². The molecule has 1 heterocycles. The van der Waals surface area contributed by atoms with Crippen molar-refractivity contribution in [2.24, 2.45) is 0 Å². The molecule has 0 saturated heterocycles. The number of fused-ring (bicyclic) bond motifs is 1. The van der Waals surface area contributed by atoms with Crippen molar-refractivity contribution in [3.8, 4) is 0 Å². The highest BCUT2D eigenvalue weighted by Gasteiger charge is 2.17. The van der Waals surface area contributed by atoms with Crippen LogP contribution in [0.2, 0.25) is 0 Å². The van der Waals surface area contributed by atoms with Crippen LogP contribution < -0.4 is 5.73 Å². The van der Waals surface area contributed by atoms with Gasteiger partial charge in [-0.25, -0.2) is 0 Å². The van der Waals surface area contributed by atoms with Crippen LogP contribution in [0.4, 0.5) is 5.69 Å². The van der Waals surface area contributed by atoms with Crippen LogP contribution in [0.1, 0.15) is 55.5 Å². The quantitative estimate of drug-likeness (QED) is 0.491. The molecule has 4 rings (SSSR count). The van der Waals surface area contributed by atoms with Crippen molar-refractivity contribution in [1.29, 1.82) is 0 Å². The Hall–Kier alpha value is -3.13. The second-order valence-corrected chi connectivity index (χ2v) is 7.77. The van der Waals surface area contributed by atoms with E-state index in [4.69, 9.17) is 10.7 Å². The lowest BCUT2D eigenvalue weighted by atomic mass is 9.88. The predicted molar refractivity (Wildman–Crippen MR) is 126 cm³/mol. The molecule has 2 heteroatoms. The van der Waals surface area contributed by atoms with Gasteiger partial charge in [0.15, 0.2) is 0 Å². The fourth-order valence-electron chi connectivity index (χ4n) is 4.17. The summed E-state index contributed by atoms with van der Waals surface area (Å²) in [5.74, 6) is 0. The summed E-state index contributed by atoms with van der Waals surface area (Å²) >= 11 is 0. The van der Waals surface area contributed by atoms with Gasteiger partial charge < -0.3 is 5.73 Å². The number of anilines is 1. The Morgan fingerprint density at radius 3 is 2.59 bits per heavy atom. The zero-order valence-corrected chi connectivity index (χ0v) is 17.5. The number of aryl methyl sites for hydroxylation is 1. The lowest BCUT2D eigenvalue weighted by Crippen LogP contribution is -2.02. The van der Waals surface area contributed by atoms with E-state index in [9.17, 15) is 0 Å². The average molecular weight is 381 g/mol. The maximum absolute atomic E-state index is 6.79. The fraction of sp³-hybridized carbons (Fsp3) is 0.222. The lowest BCUT2D eigenvalue weighted by molar-refractivity contribution is 1.05. The van der Waals surface area contributed by atoms with E-state index in [-0.39, 0.29) is 0 Å². The van der Waals surface area contributed by atoms with Crippen LogP contribution in [-0.4, -0.2) is 4.98 Å². The fourth-order valence-corrected chi connectivity index (χ4v) is 4.17. The van der Waals surface area contributed by atoms with Crippen molar-refractivity contribution in [3.05, 3.63) is 94.7 Å². The number of nitrogens with two attached hydrogens (primary N) is 1. The summed E-state index contributed by atoms with van der Waals surface area (Å²) in [5.41, 5.74) is 16.9. The first-order valence-electron chi connectivity index (χ1n) is 10.4. The summed E-state index contributed by atoms with van der Waals surface area (Å²) in [6.07, 6.45) is 9.71. The minimum atomic E-state index is 0.769. The number of nitrogen functional groups attached to an aromatic ring is 1. The molecule has 0 amide bonds. The van der Waals surface area contributed by atoms with Crippen molar-refractivity contribution in [2.75, 3.05) is 5.73 Å². The Morgan fingerprint density at radius 2 is 1.90 bits per heavy atom. The van der Waals surface area contributed by atoms with Crippen LogP contribution in [0, 0.1) is 6.92 Å². The smallest absolute Gasteiger partial charge is 0.0946 e. The summed E-state index contributed by atoms with van der Waals surface area (Å²) < 4.78 is 0. The molecule has 0 spiro atoms. The molecular weight excluding hydrogens is 352 g/mol. The first kappa shape index (κ1) is 19.2. The number of allylic oxidation sites excluding steroid dienone is 5. The topological polar surface area (TPSA) is 38.9 Å². The molecule has 0 atom stereocenters. The first-order chi connectivity index (χ1) is 14.1. The van der Waals surface area contributed by atoms with Gasteiger partial charge in [-0.1, -0.05) is 73.2 Å². The standard InChI is InChI=1S/C27H28N2/c1-4-18(2)25(21-13-9-6-10-14-21)23-16-15-22-24(20-11-7-5-8-12-20)17-19(3)29-27(22)26(23)28/h5-7,9-11,13-17H,4,8,12,28H2,1-3H3/b25-18+. The summed E-state index contributed by atoms with van der Waals surface area (Å²) in [7, 11) is 0. The summed E-state index contributed by atoms with van der Waals surface area (Å²) in [5, 5.41) is 1.14. The van der Waals surface area contributed by atoms with Crippen molar-refractivity contribution < 1.29 is 0 Å². The van der Waals surface area contributed by atoms with Crippen molar-refractivity contribution >= 4 is 27.7 Å². The Labute approximate surface area is 173 Å². The summed E-state index contributed by atoms with van der Waals surface area (Å²) in [4.78, 5) is 4.86. The van der Waals surface area contributed by atoms with Gasteiger partial charge in [0.25, 0.3) is 0 Å². The highest BCUT2D eigenvalue weighted by atomic mass is 14.7. The van der Waals surface area contributed by atoms with E-state index in [1.807, 2.05) is 0 Å². The number of pyridine rings is 1. The second kappa shape index (κ2) is 8.08. The van der Waals surface area contributed by atoms with Crippen molar-refractivity contribution in [1.82, 2.24) is 4.98 Å². The molecule has 0 bridgehead atoms. The Morgan fingerprint density at radius 1 is 1.10 bits per heavy atom. The third kappa shape index (κ3) is 3.63. The Balaban J connectivity index is 1.97. The van der Waals surface area contributed by atoms with Crippen LogP contribution in [0.5, 0.6) is 0 Å². The molecule has 0 saturated carbocycles. The molecule has 1 aliphatic rings. The maximum atomic E-state index is 6.79. The Kier molecular flexibility index (Phi) is 5.35. The highest BCUT2D eigenvalue weighted by Crippen LogP contribution is 2.38. The first-order valence-corrected chi connectivity index (χ1v) is 10.4. The van der Waals surface area contributed by atoms with Gasteiger partial charge in [0.05, 0.1) is 11.2 Å².